The number of aryl methyl sites for hydroxylation is 1. The van der Waals surface area contributed by atoms with Gasteiger partial charge >= 0.3 is 0 Å². The Balaban J connectivity index is 1.31. The maximum absolute atomic E-state index is 13.2. The standard InChI is InChI=1S/C30H44FN/c1-2-3-4-5-6-7-24-14-18-28(19-15-24)29-20-16-26(17-21-29)9-8-25-10-12-27(13-11-25)22-30(31)23-32/h14-15,18-19,22,25-27,29H,2-13,16-17,20-21H2,1H3. The van der Waals surface area contributed by atoms with Gasteiger partial charge in [0.15, 0.2) is 5.83 Å². The minimum atomic E-state index is -0.595. The molecule has 0 spiro atoms. The first-order valence-electron chi connectivity index (χ1n) is 13.5. The van der Waals surface area contributed by atoms with E-state index in [1.807, 2.05) is 0 Å². The molecule has 0 heterocycles. The molecule has 2 saturated carbocycles. The Kier molecular flexibility index (Phi) is 10.8. The molecule has 176 valence electrons. The SMILES string of the molecule is CCCCCCCc1ccc(C2CCC(CCC3CCC(C=C(F)C#N)CC3)CC2)cc1. The molecule has 0 atom stereocenters. The summed E-state index contributed by atoms with van der Waals surface area (Å²) < 4.78 is 13.2. The number of halogens is 1. The molecule has 2 heteroatoms. The summed E-state index contributed by atoms with van der Waals surface area (Å²) in [7, 11) is 0. The quantitative estimate of drug-likeness (QED) is 0.250. The molecule has 0 aromatic heterocycles. The van der Waals surface area contributed by atoms with Gasteiger partial charge in [-0.25, -0.2) is 0 Å². The molecular formula is C30H44FN. The van der Waals surface area contributed by atoms with Gasteiger partial charge in [0.25, 0.3) is 0 Å². The molecule has 1 aromatic rings. The molecule has 2 fully saturated rings. The smallest absolute Gasteiger partial charge is 0.195 e. The number of hydrogen-bond donors (Lipinski definition) is 0. The second-order valence-corrected chi connectivity index (χ2v) is 10.6. The van der Waals surface area contributed by atoms with Gasteiger partial charge in [-0.05, 0) is 105 Å². The zero-order chi connectivity index (χ0) is 22.6. The summed E-state index contributed by atoms with van der Waals surface area (Å²) in [5.41, 5.74) is 3.08. The highest BCUT2D eigenvalue weighted by Gasteiger charge is 2.25. The van der Waals surface area contributed by atoms with Crippen LogP contribution >= 0.6 is 0 Å². The van der Waals surface area contributed by atoms with Crippen molar-refractivity contribution in [3.63, 3.8) is 0 Å². The van der Waals surface area contributed by atoms with Crippen LogP contribution in [0.3, 0.4) is 0 Å². The molecule has 0 N–H and O–H groups in total. The molecule has 0 unspecified atom stereocenters. The highest BCUT2D eigenvalue weighted by atomic mass is 19.1. The molecule has 0 radical (unpaired) electrons. The van der Waals surface area contributed by atoms with Crippen LogP contribution in [0, 0.1) is 29.1 Å². The van der Waals surface area contributed by atoms with Crippen molar-refractivity contribution in [1.29, 1.82) is 5.26 Å². The van der Waals surface area contributed by atoms with Gasteiger partial charge < -0.3 is 0 Å². The van der Waals surface area contributed by atoms with Gasteiger partial charge in [-0.2, -0.15) is 9.65 Å². The van der Waals surface area contributed by atoms with Crippen molar-refractivity contribution in [3.05, 3.63) is 47.3 Å². The van der Waals surface area contributed by atoms with Gasteiger partial charge in [-0.3, -0.25) is 0 Å². The van der Waals surface area contributed by atoms with Crippen LogP contribution < -0.4 is 0 Å². The number of nitriles is 1. The van der Waals surface area contributed by atoms with Gasteiger partial charge in [0, 0.05) is 0 Å². The predicted octanol–water partition coefficient (Wildman–Crippen LogP) is 9.44. The van der Waals surface area contributed by atoms with Crippen LogP contribution in [0.1, 0.15) is 120 Å². The lowest BCUT2D eigenvalue weighted by Gasteiger charge is -2.31. The van der Waals surface area contributed by atoms with Crippen LogP contribution in [0.4, 0.5) is 4.39 Å². The van der Waals surface area contributed by atoms with E-state index in [2.05, 4.69) is 31.2 Å². The molecule has 32 heavy (non-hydrogen) atoms. The van der Waals surface area contributed by atoms with Crippen LogP contribution in [-0.4, -0.2) is 0 Å². The van der Waals surface area contributed by atoms with Crippen molar-refractivity contribution >= 4 is 0 Å². The van der Waals surface area contributed by atoms with Crippen molar-refractivity contribution in [2.24, 2.45) is 17.8 Å². The summed E-state index contributed by atoms with van der Waals surface area (Å²) in [6, 6.07) is 11.2. The van der Waals surface area contributed by atoms with Crippen LogP contribution in [0.5, 0.6) is 0 Å². The van der Waals surface area contributed by atoms with Gasteiger partial charge in [-0.15, -0.1) is 0 Å². The largest absolute Gasteiger partial charge is 0.196 e. The lowest BCUT2D eigenvalue weighted by atomic mass is 9.74. The predicted molar refractivity (Wildman–Crippen MR) is 133 cm³/mol. The van der Waals surface area contributed by atoms with Gasteiger partial charge in [0.05, 0.1) is 0 Å². The van der Waals surface area contributed by atoms with E-state index in [-0.39, 0.29) is 5.92 Å². The summed E-state index contributed by atoms with van der Waals surface area (Å²) in [5.74, 6) is 2.18. The second kappa shape index (κ2) is 13.8. The Labute approximate surface area is 196 Å². The maximum Gasteiger partial charge on any atom is 0.196 e. The Hall–Kier alpha value is -1.62. The zero-order valence-corrected chi connectivity index (χ0v) is 20.3. The zero-order valence-electron chi connectivity index (χ0n) is 20.3. The normalized spacial score (nSPS) is 26.6. The van der Waals surface area contributed by atoms with E-state index in [0.29, 0.717) is 0 Å². The number of hydrogen-bond acceptors (Lipinski definition) is 1. The molecule has 3 rings (SSSR count). The monoisotopic (exact) mass is 437 g/mol. The Bertz CT molecular complexity index is 712. The third-order valence-electron chi connectivity index (χ3n) is 8.23. The highest BCUT2D eigenvalue weighted by molar-refractivity contribution is 5.26. The first-order chi connectivity index (χ1) is 15.7. The molecule has 0 aliphatic heterocycles. The molecular weight excluding hydrogens is 393 g/mol. The van der Waals surface area contributed by atoms with Crippen LogP contribution in [0.25, 0.3) is 0 Å². The van der Waals surface area contributed by atoms with E-state index >= 15 is 0 Å². The third kappa shape index (κ3) is 8.38. The van der Waals surface area contributed by atoms with E-state index in [1.165, 1.54) is 95.5 Å². The summed E-state index contributed by atoms with van der Waals surface area (Å²) >= 11 is 0. The molecule has 0 saturated heterocycles. The highest BCUT2D eigenvalue weighted by Crippen LogP contribution is 2.40. The first-order valence-corrected chi connectivity index (χ1v) is 13.5. The van der Waals surface area contributed by atoms with Crippen LogP contribution in [-0.2, 0) is 6.42 Å². The van der Waals surface area contributed by atoms with Crippen molar-refractivity contribution in [2.75, 3.05) is 0 Å². The topological polar surface area (TPSA) is 23.8 Å². The van der Waals surface area contributed by atoms with E-state index in [9.17, 15) is 4.39 Å². The Morgan fingerprint density at radius 2 is 1.47 bits per heavy atom. The summed E-state index contributed by atoms with van der Waals surface area (Å²) in [6.07, 6.45) is 22.3. The number of benzene rings is 1. The number of allylic oxidation sites excluding steroid dienone is 2. The minimum absolute atomic E-state index is 0.286. The first kappa shape index (κ1) is 25.0. The molecule has 2 aliphatic carbocycles. The Morgan fingerprint density at radius 1 is 0.875 bits per heavy atom. The summed E-state index contributed by atoms with van der Waals surface area (Å²) in [4.78, 5) is 0. The number of rotatable bonds is 11. The van der Waals surface area contributed by atoms with Crippen molar-refractivity contribution < 1.29 is 4.39 Å². The Morgan fingerprint density at radius 3 is 2.06 bits per heavy atom. The summed E-state index contributed by atoms with van der Waals surface area (Å²) in [5, 5.41) is 8.61. The maximum atomic E-state index is 13.2. The lowest BCUT2D eigenvalue weighted by Crippen LogP contribution is -2.17. The fraction of sp³-hybridized carbons (Fsp3) is 0.700. The van der Waals surface area contributed by atoms with Crippen molar-refractivity contribution in [3.8, 4) is 6.07 Å². The van der Waals surface area contributed by atoms with Crippen LogP contribution in [0.2, 0.25) is 0 Å². The number of unbranched alkanes of at least 4 members (excludes halogenated alkanes) is 4. The van der Waals surface area contributed by atoms with E-state index < -0.39 is 5.83 Å². The summed E-state index contributed by atoms with van der Waals surface area (Å²) in [6.45, 7) is 2.28. The molecule has 1 nitrogen and oxygen atoms in total. The van der Waals surface area contributed by atoms with E-state index in [0.717, 1.165) is 30.6 Å². The average Bonchev–Trinajstić information content (AvgIpc) is 2.84. The number of nitrogens with zero attached hydrogens (tertiary/aromatic N) is 1. The van der Waals surface area contributed by atoms with E-state index in [4.69, 9.17) is 5.26 Å². The minimum Gasteiger partial charge on any atom is -0.195 e. The third-order valence-corrected chi connectivity index (χ3v) is 8.23. The molecule has 1 aromatic carbocycles. The fourth-order valence-electron chi connectivity index (χ4n) is 6.03. The average molecular weight is 438 g/mol. The molecule has 2 aliphatic rings. The van der Waals surface area contributed by atoms with Crippen LogP contribution in [0.15, 0.2) is 36.2 Å². The second-order valence-electron chi connectivity index (χ2n) is 10.6. The lowest BCUT2D eigenvalue weighted by molar-refractivity contribution is 0.245. The van der Waals surface area contributed by atoms with Gasteiger partial charge in [0.1, 0.15) is 6.07 Å². The van der Waals surface area contributed by atoms with E-state index in [1.54, 1.807) is 17.7 Å². The van der Waals surface area contributed by atoms with Crippen molar-refractivity contribution in [1.82, 2.24) is 0 Å². The molecule has 0 bridgehead atoms. The molecule has 0 amide bonds. The van der Waals surface area contributed by atoms with Gasteiger partial charge in [0.2, 0.25) is 0 Å². The van der Waals surface area contributed by atoms with Gasteiger partial charge in [-0.1, -0.05) is 69.7 Å². The van der Waals surface area contributed by atoms with Crippen molar-refractivity contribution in [2.45, 2.75) is 116 Å². The fourth-order valence-corrected chi connectivity index (χ4v) is 6.03.